The lowest BCUT2D eigenvalue weighted by molar-refractivity contribution is 0.198. The van der Waals surface area contributed by atoms with E-state index < -0.39 is 6.10 Å². The van der Waals surface area contributed by atoms with Crippen LogP contribution in [0.1, 0.15) is 18.6 Å². The number of halogens is 3. The van der Waals surface area contributed by atoms with E-state index in [0.29, 0.717) is 11.5 Å². The van der Waals surface area contributed by atoms with Gasteiger partial charge in [-0.25, -0.2) is 0 Å². The van der Waals surface area contributed by atoms with Crippen LogP contribution >= 0.6 is 47.8 Å². The highest BCUT2D eigenvalue weighted by molar-refractivity contribution is 9.11. The number of methoxy groups -OCH3 is 1. The number of rotatable bonds is 4. The van der Waals surface area contributed by atoms with Crippen LogP contribution < -0.4 is 9.47 Å². The van der Waals surface area contributed by atoms with Gasteiger partial charge in [-0.3, -0.25) is 0 Å². The average molecular weight is 481 g/mol. The summed E-state index contributed by atoms with van der Waals surface area (Å²) in [6.07, 6.45) is -0.532. The number of hydrogen-bond donors (Lipinski definition) is 1. The standard InChI is InChI=1S/C15H13Br3O3/c1-8(19)10-4-3-9(5-11(10)16)21-15-7-12(17)14(20-2)6-13(15)18/h3-8,19H,1-2H3/t8-/m1/s1. The van der Waals surface area contributed by atoms with E-state index in [1.807, 2.05) is 30.3 Å². The molecule has 0 fully saturated rings. The Balaban J connectivity index is 2.30. The summed E-state index contributed by atoms with van der Waals surface area (Å²) < 4.78 is 13.5. The zero-order valence-corrected chi connectivity index (χ0v) is 16.1. The topological polar surface area (TPSA) is 38.7 Å². The van der Waals surface area contributed by atoms with Gasteiger partial charge in [-0.15, -0.1) is 0 Å². The van der Waals surface area contributed by atoms with Gasteiger partial charge in [0.05, 0.1) is 22.2 Å². The number of aliphatic hydroxyl groups is 1. The molecule has 6 heteroatoms. The average Bonchev–Trinajstić information content (AvgIpc) is 2.42. The van der Waals surface area contributed by atoms with Crippen LogP contribution in [0.3, 0.4) is 0 Å². The fourth-order valence-corrected chi connectivity index (χ4v) is 3.36. The van der Waals surface area contributed by atoms with Gasteiger partial charge in [0, 0.05) is 4.47 Å². The van der Waals surface area contributed by atoms with Crippen LogP contribution in [0.2, 0.25) is 0 Å². The Morgan fingerprint density at radius 3 is 2.14 bits per heavy atom. The Morgan fingerprint density at radius 1 is 0.952 bits per heavy atom. The minimum Gasteiger partial charge on any atom is -0.496 e. The maximum absolute atomic E-state index is 9.62. The molecular weight excluding hydrogens is 468 g/mol. The van der Waals surface area contributed by atoms with Crippen LogP contribution in [-0.2, 0) is 0 Å². The SMILES string of the molecule is COc1cc(Br)c(Oc2ccc([C@@H](C)O)c(Br)c2)cc1Br. The zero-order chi connectivity index (χ0) is 15.6. The second-order valence-electron chi connectivity index (χ2n) is 4.38. The highest BCUT2D eigenvalue weighted by atomic mass is 79.9. The Kier molecular flexibility index (Phi) is 5.71. The molecule has 0 aromatic heterocycles. The van der Waals surface area contributed by atoms with Crippen molar-refractivity contribution in [1.29, 1.82) is 0 Å². The van der Waals surface area contributed by atoms with Crippen molar-refractivity contribution in [2.45, 2.75) is 13.0 Å². The van der Waals surface area contributed by atoms with E-state index in [4.69, 9.17) is 9.47 Å². The second kappa shape index (κ2) is 7.13. The molecule has 0 aliphatic carbocycles. The largest absolute Gasteiger partial charge is 0.496 e. The van der Waals surface area contributed by atoms with Gasteiger partial charge in [-0.2, -0.15) is 0 Å². The van der Waals surface area contributed by atoms with Crippen LogP contribution in [0.15, 0.2) is 43.7 Å². The molecule has 1 N–H and O–H groups in total. The molecule has 2 rings (SSSR count). The van der Waals surface area contributed by atoms with E-state index in [1.54, 1.807) is 14.0 Å². The maximum atomic E-state index is 9.62. The smallest absolute Gasteiger partial charge is 0.143 e. The Labute approximate surface area is 148 Å². The van der Waals surface area contributed by atoms with Crippen molar-refractivity contribution in [3.63, 3.8) is 0 Å². The van der Waals surface area contributed by atoms with Gasteiger partial charge in [0.15, 0.2) is 0 Å². The minimum absolute atomic E-state index is 0.532. The molecule has 2 aromatic rings. The van der Waals surface area contributed by atoms with Crippen molar-refractivity contribution in [3.05, 3.63) is 49.3 Å². The number of benzene rings is 2. The lowest BCUT2D eigenvalue weighted by atomic mass is 10.1. The lowest BCUT2D eigenvalue weighted by Crippen LogP contribution is -1.94. The summed E-state index contributed by atoms with van der Waals surface area (Å²) in [5.74, 6) is 2.06. The fourth-order valence-electron chi connectivity index (χ4n) is 1.78. The van der Waals surface area contributed by atoms with Gasteiger partial charge in [-0.1, -0.05) is 22.0 Å². The molecule has 0 bridgehead atoms. The summed E-state index contributed by atoms with van der Waals surface area (Å²) in [6.45, 7) is 1.72. The highest BCUT2D eigenvalue weighted by Crippen LogP contribution is 2.39. The van der Waals surface area contributed by atoms with Gasteiger partial charge >= 0.3 is 0 Å². The van der Waals surface area contributed by atoms with Gasteiger partial charge in [0.1, 0.15) is 17.2 Å². The molecule has 1 atom stereocenters. The lowest BCUT2D eigenvalue weighted by Gasteiger charge is -2.13. The number of ether oxygens (including phenoxy) is 2. The third kappa shape index (κ3) is 4.00. The summed E-state index contributed by atoms with van der Waals surface area (Å²) in [4.78, 5) is 0. The summed E-state index contributed by atoms with van der Waals surface area (Å²) >= 11 is 10.3. The molecule has 0 spiro atoms. The molecule has 0 aliphatic rings. The van der Waals surface area contributed by atoms with Gasteiger partial charge in [-0.05, 0) is 68.6 Å². The summed E-state index contributed by atoms with van der Waals surface area (Å²) in [6, 6.07) is 9.14. The maximum Gasteiger partial charge on any atom is 0.143 e. The van der Waals surface area contributed by atoms with Gasteiger partial charge < -0.3 is 14.6 Å². The molecule has 0 amide bonds. The minimum atomic E-state index is -0.532. The Hall–Kier alpha value is -0.560. The monoisotopic (exact) mass is 478 g/mol. The third-order valence-electron chi connectivity index (χ3n) is 2.86. The van der Waals surface area contributed by atoms with Crippen molar-refractivity contribution in [2.75, 3.05) is 7.11 Å². The molecule has 0 radical (unpaired) electrons. The number of hydrogen-bond acceptors (Lipinski definition) is 3. The number of aliphatic hydroxyl groups excluding tert-OH is 1. The first-order chi connectivity index (χ1) is 9.92. The molecule has 0 saturated carbocycles. The van der Waals surface area contributed by atoms with Crippen molar-refractivity contribution in [3.8, 4) is 17.2 Å². The second-order valence-corrected chi connectivity index (χ2v) is 6.94. The van der Waals surface area contributed by atoms with Crippen LogP contribution in [0.5, 0.6) is 17.2 Å². The van der Waals surface area contributed by atoms with E-state index in [-0.39, 0.29) is 0 Å². The Morgan fingerprint density at radius 2 is 1.57 bits per heavy atom. The van der Waals surface area contributed by atoms with Gasteiger partial charge in [0.25, 0.3) is 0 Å². The predicted molar refractivity (Wildman–Crippen MR) is 93.2 cm³/mol. The van der Waals surface area contributed by atoms with Crippen LogP contribution in [0.4, 0.5) is 0 Å². The first-order valence-corrected chi connectivity index (χ1v) is 8.48. The fraction of sp³-hybridized carbons (Fsp3) is 0.200. The first kappa shape index (κ1) is 16.8. The van der Waals surface area contributed by atoms with Crippen LogP contribution in [-0.4, -0.2) is 12.2 Å². The van der Waals surface area contributed by atoms with E-state index in [9.17, 15) is 5.11 Å². The van der Waals surface area contributed by atoms with Crippen LogP contribution in [0, 0.1) is 0 Å². The van der Waals surface area contributed by atoms with E-state index in [0.717, 1.165) is 24.7 Å². The predicted octanol–water partition coefficient (Wildman–Crippen LogP) is 5.83. The molecule has 21 heavy (non-hydrogen) atoms. The van der Waals surface area contributed by atoms with Crippen molar-refractivity contribution >= 4 is 47.8 Å². The third-order valence-corrected chi connectivity index (χ3v) is 4.78. The van der Waals surface area contributed by atoms with Crippen molar-refractivity contribution in [2.24, 2.45) is 0 Å². The van der Waals surface area contributed by atoms with Crippen LogP contribution in [0.25, 0.3) is 0 Å². The highest BCUT2D eigenvalue weighted by Gasteiger charge is 2.11. The summed E-state index contributed by atoms with van der Waals surface area (Å²) in [7, 11) is 1.61. The van der Waals surface area contributed by atoms with E-state index in [2.05, 4.69) is 47.8 Å². The first-order valence-electron chi connectivity index (χ1n) is 6.10. The molecule has 112 valence electrons. The normalized spacial score (nSPS) is 12.1. The molecule has 0 heterocycles. The molecule has 0 aliphatic heterocycles. The molecular formula is C15H13Br3O3. The van der Waals surface area contributed by atoms with Gasteiger partial charge in [0.2, 0.25) is 0 Å². The summed E-state index contributed by atoms with van der Waals surface area (Å²) in [5.41, 5.74) is 0.817. The molecule has 2 aromatic carbocycles. The Bertz CT molecular complexity index is 657. The molecule has 0 unspecified atom stereocenters. The molecule has 0 saturated heterocycles. The zero-order valence-electron chi connectivity index (χ0n) is 11.4. The van der Waals surface area contributed by atoms with E-state index in [1.165, 1.54) is 0 Å². The molecule has 3 nitrogen and oxygen atoms in total. The summed E-state index contributed by atoms with van der Waals surface area (Å²) in [5, 5.41) is 9.62. The van der Waals surface area contributed by atoms with Crippen molar-refractivity contribution < 1.29 is 14.6 Å². The quantitative estimate of drug-likeness (QED) is 0.598. The van der Waals surface area contributed by atoms with E-state index >= 15 is 0 Å². The van der Waals surface area contributed by atoms with Crippen molar-refractivity contribution in [1.82, 2.24) is 0 Å².